The quantitative estimate of drug-likeness (QED) is 0.823. The lowest BCUT2D eigenvalue weighted by molar-refractivity contribution is -0.146. The van der Waals surface area contributed by atoms with E-state index in [2.05, 4.69) is 31.3 Å². The lowest BCUT2D eigenvalue weighted by Crippen LogP contribution is -2.31. The second kappa shape index (κ2) is 5.21. The zero-order chi connectivity index (χ0) is 13.1. The number of carboxylic acid groups (broad SMARTS) is 1. The van der Waals surface area contributed by atoms with Crippen molar-refractivity contribution in [1.29, 1.82) is 0 Å². The molecule has 17 heavy (non-hydrogen) atoms. The van der Waals surface area contributed by atoms with Gasteiger partial charge in [-0.15, -0.1) is 0 Å². The summed E-state index contributed by atoms with van der Waals surface area (Å²) in [6.45, 7) is 8.13. The summed E-state index contributed by atoms with van der Waals surface area (Å²) in [6.07, 6.45) is 0. The maximum absolute atomic E-state index is 11.0. The molecule has 0 fully saturated rings. The van der Waals surface area contributed by atoms with E-state index in [4.69, 9.17) is 5.11 Å². The fourth-order valence-electron chi connectivity index (χ4n) is 1.41. The molecular formula is C14H21NO2. The number of hydrogen-bond acceptors (Lipinski definition) is 2. The molecule has 0 aliphatic heterocycles. The molecule has 0 aromatic heterocycles. The van der Waals surface area contributed by atoms with Gasteiger partial charge in [0.05, 0.1) is 5.41 Å². The molecule has 0 aliphatic carbocycles. The van der Waals surface area contributed by atoms with E-state index >= 15 is 0 Å². The lowest BCUT2D eigenvalue weighted by Gasteiger charge is -2.20. The first-order valence-corrected chi connectivity index (χ1v) is 5.90. The van der Waals surface area contributed by atoms with Gasteiger partial charge >= 0.3 is 5.97 Å². The minimum absolute atomic E-state index is 0.421. The van der Waals surface area contributed by atoms with Gasteiger partial charge in [0.2, 0.25) is 0 Å². The second-order valence-electron chi connectivity index (χ2n) is 5.32. The summed E-state index contributed by atoms with van der Waals surface area (Å²) in [5.74, 6) is -0.311. The molecule has 0 saturated heterocycles. The fourth-order valence-corrected chi connectivity index (χ4v) is 1.41. The van der Waals surface area contributed by atoms with Crippen LogP contribution in [0.4, 0.5) is 5.69 Å². The smallest absolute Gasteiger partial charge is 0.310 e. The highest BCUT2D eigenvalue weighted by molar-refractivity contribution is 5.74. The van der Waals surface area contributed by atoms with E-state index in [-0.39, 0.29) is 0 Å². The normalized spacial score (nSPS) is 11.6. The summed E-state index contributed by atoms with van der Waals surface area (Å²) in [7, 11) is 0. The Bertz CT molecular complexity index is 397. The Kier molecular flexibility index (Phi) is 4.16. The van der Waals surface area contributed by atoms with Crippen molar-refractivity contribution in [3.8, 4) is 0 Å². The van der Waals surface area contributed by atoms with Gasteiger partial charge in [0.1, 0.15) is 0 Å². The van der Waals surface area contributed by atoms with Gasteiger partial charge in [0.15, 0.2) is 0 Å². The largest absolute Gasteiger partial charge is 0.481 e. The number of rotatable bonds is 5. The standard InChI is InChI=1S/C14H21NO2/c1-10(2)11-6-5-7-12(8-11)15-9-14(3,4)13(16)17/h5-8,10,15H,9H2,1-4H3,(H,16,17). The van der Waals surface area contributed by atoms with E-state index in [0.717, 1.165) is 5.69 Å². The zero-order valence-electron chi connectivity index (χ0n) is 10.9. The van der Waals surface area contributed by atoms with Gasteiger partial charge in [-0.1, -0.05) is 26.0 Å². The van der Waals surface area contributed by atoms with Crippen molar-refractivity contribution >= 4 is 11.7 Å². The van der Waals surface area contributed by atoms with Crippen molar-refractivity contribution in [3.05, 3.63) is 29.8 Å². The Balaban J connectivity index is 2.70. The van der Waals surface area contributed by atoms with Crippen molar-refractivity contribution in [3.63, 3.8) is 0 Å². The van der Waals surface area contributed by atoms with Crippen LogP contribution < -0.4 is 5.32 Å². The zero-order valence-corrected chi connectivity index (χ0v) is 10.9. The van der Waals surface area contributed by atoms with E-state index in [9.17, 15) is 4.79 Å². The van der Waals surface area contributed by atoms with E-state index in [0.29, 0.717) is 12.5 Å². The van der Waals surface area contributed by atoms with Crippen LogP contribution in [0.5, 0.6) is 0 Å². The molecule has 94 valence electrons. The molecule has 0 saturated carbocycles. The van der Waals surface area contributed by atoms with Gasteiger partial charge in [-0.2, -0.15) is 0 Å². The summed E-state index contributed by atoms with van der Waals surface area (Å²) in [5.41, 5.74) is 1.47. The van der Waals surface area contributed by atoms with Crippen molar-refractivity contribution in [2.24, 2.45) is 5.41 Å². The topological polar surface area (TPSA) is 49.3 Å². The maximum Gasteiger partial charge on any atom is 0.310 e. The Hall–Kier alpha value is -1.51. The SMILES string of the molecule is CC(C)c1cccc(NCC(C)(C)C(=O)O)c1. The number of aliphatic carboxylic acids is 1. The number of anilines is 1. The van der Waals surface area contributed by atoms with Crippen LogP contribution in [-0.2, 0) is 4.79 Å². The number of carbonyl (C=O) groups is 1. The summed E-state index contributed by atoms with van der Waals surface area (Å²) in [5, 5.41) is 12.2. The molecule has 3 nitrogen and oxygen atoms in total. The molecule has 3 heteroatoms. The van der Waals surface area contributed by atoms with Gasteiger partial charge in [-0.05, 0) is 37.5 Å². The number of nitrogens with one attached hydrogen (secondary N) is 1. The van der Waals surface area contributed by atoms with E-state index < -0.39 is 11.4 Å². The number of hydrogen-bond donors (Lipinski definition) is 2. The minimum Gasteiger partial charge on any atom is -0.481 e. The first-order chi connectivity index (χ1) is 7.83. The third kappa shape index (κ3) is 3.77. The predicted molar refractivity (Wildman–Crippen MR) is 70.4 cm³/mol. The summed E-state index contributed by atoms with van der Waals surface area (Å²) < 4.78 is 0. The van der Waals surface area contributed by atoms with Crippen LogP contribution in [0.25, 0.3) is 0 Å². The van der Waals surface area contributed by atoms with Gasteiger partial charge in [-0.3, -0.25) is 4.79 Å². The molecule has 2 N–H and O–H groups in total. The molecule has 0 radical (unpaired) electrons. The third-order valence-electron chi connectivity index (χ3n) is 2.87. The van der Waals surface area contributed by atoms with E-state index in [1.807, 2.05) is 12.1 Å². The van der Waals surface area contributed by atoms with Crippen LogP contribution in [0, 0.1) is 5.41 Å². The molecule has 0 heterocycles. The molecule has 1 rings (SSSR count). The Morgan fingerprint density at radius 3 is 2.59 bits per heavy atom. The summed E-state index contributed by atoms with van der Waals surface area (Å²) in [4.78, 5) is 11.0. The molecule has 0 aliphatic rings. The van der Waals surface area contributed by atoms with Crippen molar-refractivity contribution < 1.29 is 9.90 Å². The summed E-state index contributed by atoms with van der Waals surface area (Å²) in [6, 6.07) is 8.11. The maximum atomic E-state index is 11.0. The first kappa shape index (κ1) is 13.6. The van der Waals surface area contributed by atoms with Crippen LogP contribution in [0.3, 0.4) is 0 Å². The predicted octanol–water partition coefficient (Wildman–Crippen LogP) is 3.33. The highest BCUT2D eigenvalue weighted by atomic mass is 16.4. The minimum atomic E-state index is -0.787. The van der Waals surface area contributed by atoms with Crippen molar-refractivity contribution in [1.82, 2.24) is 0 Å². The van der Waals surface area contributed by atoms with Crippen LogP contribution in [0.2, 0.25) is 0 Å². The molecule has 0 unspecified atom stereocenters. The monoisotopic (exact) mass is 235 g/mol. The number of carboxylic acids is 1. The molecule has 0 spiro atoms. The van der Waals surface area contributed by atoms with Gasteiger partial charge in [0.25, 0.3) is 0 Å². The fraction of sp³-hybridized carbons (Fsp3) is 0.500. The van der Waals surface area contributed by atoms with Crippen LogP contribution in [-0.4, -0.2) is 17.6 Å². The lowest BCUT2D eigenvalue weighted by atomic mass is 9.93. The molecule has 1 aromatic rings. The summed E-state index contributed by atoms with van der Waals surface area (Å²) >= 11 is 0. The highest BCUT2D eigenvalue weighted by Crippen LogP contribution is 2.21. The van der Waals surface area contributed by atoms with Crippen molar-refractivity contribution in [2.45, 2.75) is 33.6 Å². The molecule has 0 amide bonds. The average Bonchev–Trinajstić information content (AvgIpc) is 2.26. The first-order valence-electron chi connectivity index (χ1n) is 5.90. The van der Waals surface area contributed by atoms with Crippen LogP contribution in [0.1, 0.15) is 39.2 Å². The Morgan fingerprint density at radius 2 is 2.06 bits per heavy atom. The average molecular weight is 235 g/mol. The van der Waals surface area contributed by atoms with Crippen LogP contribution >= 0.6 is 0 Å². The second-order valence-corrected chi connectivity index (χ2v) is 5.32. The molecule has 0 bridgehead atoms. The molecule has 0 atom stereocenters. The highest BCUT2D eigenvalue weighted by Gasteiger charge is 2.26. The number of benzene rings is 1. The van der Waals surface area contributed by atoms with Gasteiger partial charge < -0.3 is 10.4 Å². The Morgan fingerprint density at radius 1 is 1.41 bits per heavy atom. The molecule has 1 aromatic carbocycles. The van der Waals surface area contributed by atoms with E-state index in [1.165, 1.54) is 5.56 Å². The third-order valence-corrected chi connectivity index (χ3v) is 2.87. The van der Waals surface area contributed by atoms with Gasteiger partial charge in [-0.25, -0.2) is 0 Å². The van der Waals surface area contributed by atoms with Crippen molar-refractivity contribution in [2.75, 3.05) is 11.9 Å². The Labute approximate surface area is 103 Å². The van der Waals surface area contributed by atoms with Crippen LogP contribution in [0.15, 0.2) is 24.3 Å². The molecular weight excluding hydrogens is 214 g/mol. The van der Waals surface area contributed by atoms with Gasteiger partial charge in [0, 0.05) is 12.2 Å². The van der Waals surface area contributed by atoms with E-state index in [1.54, 1.807) is 13.8 Å².